The monoisotopic (exact) mass is 377 g/mol. The summed E-state index contributed by atoms with van der Waals surface area (Å²) in [4.78, 5) is 37.3. The second kappa shape index (κ2) is 9.80. The molecule has 2 N–H and O–H groups in total. The Morgan fingerprint density at radius 2 is 1.93 bits per heavy atom. The van der Waals surface area contributed by atoms with Gasteiger partial charge in [0.05, 0.1) is 20.3 Å². The van der Waals surface area contributed by atoms with Gasteiger partial charge in [0.25, 0.3) is 0 Å². The van der Waals surface area contributed by atoms with E-state index in [1.165, 1.54) is 7.11 Å². The Hall–Kier alpha value is -2.77. The molecule has 148 valence electrons. The summed E-state index contributed by atoms with van der Waals surface area (Å²) in [5, 5.41) is 5.25. The third-order valence-corrected chi connectivity index (χ3v) is 4.52. The number of carbonyl (C=O) groups excluding carboxylic acids is 3. The van der Waals surface area contributed by atoms with Gasteiger partial charge in [-0.15, -0.1) is 0 Å². The van der Waals surface area contributed by atoms with Crippen LogP contribution in [0, 0.1) is 0 Å². The first-order valence-corrected chi connectivity index (χ1v) is 9.04. The summed E-state index contributed by atoms with van der Waals surface area (Å²) < 4.78 is 10.4. The molecule has 0 aromatic heterocycles. The van der Waals surface area contributed by atoms with E-state index in [4.69, 9.17) is 9.47 Å². The highest BCUT2D eigenvalue weighted by atomic mass is 16.5. The molecule has 0 aliphatic carbocycles. The molecule has 0 saturated carbocycles. The summed E-state index contributed by atoms with van der Waals surface area (Å²) in [6, 6.07) is 4.94. The first-order valence-electron chi connectivity index (χ1n) is 9.04. The molecule has 27 heavy (non-hydrogen) atoms. The predicted octanol–water partition coefficient (Wildman–Crippen LogP) is 1.01. The molecule has 1 aliphatic heterocycles. The number of nitrogens with one attached hydrogen (secondary N) is 2. The zero-order valence-electron chi connectivity index (χ0n) is 16.0. The highest BCUT2D eigenvalue weighted by Crippen LogP contribution is 2.29. The van der Waals surface area contributed by atoms with Gasteiger partial charge in [-0.3, -0.25) is 14.4 Å². The zero-order chi connectivity index (χ0) is 19.8. The number of nitrogens with zero attached hydrogens (tertiary/aromatic N) is 1. The Bertz CT molecular complexity index is 692. The molecule has 1 aromatic carbocycles. The number of hydrogen-bond acceptors (Lipinski definition) is 5. The van der Waals surface area contributed by atoms with E-state index >= 15 is 0 Å². The molecule has 0 radical (unpaired) electrons. The Labute approximate surface area is 159 Å². The Kier molecular flexibility index (Phi) is 7.45. The largest absolute Gasteiger partial charge is 0.493 e. The van der Waals surface area contributed by atoms with Crippen molar-refractivity contribution in [2.75, 3.05) is 33.9 Å². The number of likely N-dealkylation sites (tertiary alicyclic amines) is 1. The van der Waals surface area contributed by atoms with Crippen molar-refractivity contribution in [1.29, 1.82) is 0 Å². The fourth-order valence-electron chi connectivity index (χ4n) is 2.96. The quantitative estimate of drug-likeness (QED) is 0.521. The molecule has 1 fully saturated rings. The SMILES string of the molecule is COc1ccc(C(C)NC(=O)C(=O)NCCCN2CCCC2=O)cc1OC. The lowest BCUT2D eigenvalue weighted by molar-refractivity contribution is -0.139. The summed E-state index contributed by atoms with van der Waals surface area (Å²) >= 11 is 0. The van der Waals surface area contributed by atoms with Crippen LogP contribution in [-0.2, 0) is 14.4 Å². The van der Waals surface area contributed by atoms with E-state index < -0.39 is 11.8 Å². The van der Waals surface area contributed by atoms with Gasteiger partial charge in [-0.2, -0.15) is 0 Å². The summed E-state index contributed by atoms with van der Waals surface area (Å²) in [6.07, 6.45) is 2.11. The van der Waals surface area contributed by atoms with Crippen LogP contribution in [0.1, 0.15) is 37.8 Å². The number of carbonyl (C=O) groups is 3. The Morgan fingerprint density at radius 3 is 2.56 bits per heavy atom. The summed E-state index contributed by atoms with van der Waals surface area (Å²) in [5.74, 6) is -0.0848. The average molecular weight is 377 g/mol. The van der Waals surface area contributed by atoms with Crippen LogP contribution in [0.15, 0.2) is 18.2 Å². The molecular formula is C19H27N3O5. The first kappa shape index (κ1) is 20.5. The van der Waals surface area contributed by atoms with Crippen LogP contribution in [0.3, 0.4) is 0 Å². The van der Waals surface area contributed by atoms with Gasteiger partial charge in [0.1, 0.15) is 0 Å². The number of hydrogen-bond donors (Lipinski definition) is 2. The van der Waals surface area contributed by atoms with Gasteiger partial charge in [-0.1, -0.05) is 6.07 Å². The molecule has 1 aromatic rings. The molecule has 0 bridgehead atoms. The van der Waals surface area contributed by atoms with Crippen LogP contribution in [0.5, 0.6) is 11.5 Å². The van der Waals surface area contributed by atoms with E-state index in [1.807, 2.05) is 0 Å². The molecule has 3 amide bonds. The van der Waals surface area contributed by atoms with Crippen molar-refractivity contribution in [3.8, 4) is 11.5 Å². The number of benzene rings is 1. The molecule has 1 atom stereocenters. The highest BCUT2D eigenvalue weighted by Gasteiger charge is 2.20. The van der Waals surface area contributed by atoms with Gasteiger partial charge >= 0.3 is 11.8 Å². The zero-order valence-corrected chi connectivity index (χ0v) is 16.0. The van der Waals surface area contributed by atoms with Crippen LogP contribution in [-0.4, -0.2) is 56.5 Å². The molecule has 1 heterocycles. The van der Waals surface area contributed by atoms with Gasteiger partial charge in [0, 0.05) is 26.1 Å². The number of ether oxygens (including phenoxy) is 2. The fourth-order valence-corrected chi connectivity index (χ4v) is 2.96. The van der Waals surface area contributed by atoms with Crippen molar-refractivity contribution in [3.63, 3.8) is 0 Å². The average Bonchev–Trinajstić information content (AvgIpc) is 3.08. The van der Waals surface area contributed by atoms with E-state index in [0.717, 1.165) is 18.5 Å². The van der Waals surface area contributed by atoms with E-state index in [1.54, 1.807) is 37.1 Å². The number of methoxy groups -OCH3 is 2. The molecule has 1 unspecified atom stereocenters. The lowest BCUT2D eigenvalue weighted by Crippen LogP contribution is -2.41. The van der Waals surface area contributed by atoms with Crippen molar-refractivity contribution in [1.82, 2.24) is 15.5 Å². The van der Waals surface area contributed by atoms with Gasteiger partial charge in [0.2, 0.25) is 5.91 Å². The Morgan fingerprint density at radius 1 is 1.19 bits per heavy atom. The van der Waals surface area contributed by atoms with Crippen LogP contribution >= 0.6 is 0 Å². The predicted molar refractivity (Wildman–Crippen MR) is 99.5 cm³/mol. The van der Waals surface area contributed by atoms with Crippen LogP contribution < -0.4 is 20.1 Å². The lowest BCUT2D eigenvalue weighted by Gasteiger charge is -2.17. The van der Waals surface area contributed by atoms with Crippen molar-refractivity contribution >= 4 is 17.7 Å². The molecule has 8 heteroatoms. The number of rotatable bonds is 8. The normalized spacial score (nSPS) is 14.6. The van der Waals surface area contributed by atoms with E-state index in [9.17, 15) is 14.4 Å². The van der Waals surface area contributed by atoms with E-state index in [2.05, 4.69) is 10.6 Å². The first-order chi connectivity index (χ1) is 13.0. The second-order valence-electron chi connectivity index (χ2n) is 6.40. The maximum Gasteiger partial charge on any atom is 0.309 e. The second-order valence-corrected chi connectivity index (χ2v) is 6.40. The highest BCUT2D eigenvalue weighted by molar-refractivity contribution is 6.35. The van der Waals surface area contributed by atoms with Crippen molar-refractivity contribution in [3.05, 3.63) is 23.8 Å². The van der Waals surface area contributed by atoms with Gasteiger partial charge in [-0.25, -0.2) is 0 Å². The van der Waals surface area contributed by atoms with Gasteiger partial charge < -0.3 is 25.0 Å². The maximum atomic E-state index is 12.1. The topological polar surface area (TPSA) is 97.0 Å². The van der Waals surface area contributed by atoms with Crippen LogP contribution in [0.25, 0.3) is 0 Å². The minimum absolute atomic E-state index is 0.155. The third-order valence-electron chi connectivity index (χ3n) is 4.52. The van der Waals surface area contributed by atoms with Crippen molar-refractivity contribution in [2.24, 2.45) is 0 Å². The lowest BCUT2D eigenvalue weighted by atomic mass is 10.1. The summed E-state index contributed by atoms with van der Waals surface area (Å²) in [6.45, 7) is 3.51. The fraction of sp³-hybridized carbons (Fsp3) is 0.526. The van der Waals surface area contributed by atoms with Crippen LogP contribution in [0.4, 0.5) is 0 Å². The van der Waals surface area contributed by atoms with E-state index in [-0.39, 0.29) is 11.9 Å². The van der Waals surface area contributed by atoms with Crippen molar-refractivity contribution in [2.45, 2.75) is 32.2 Å². The molecule has 1 saturated heterocycles. The third kappa shape index (κ3) is 5.60. The summed E-state index contributed by atoms with van der Waals surface area (Å²) in [5.41, 5.74) is 0.793. The van der Waals surface area contributed by atoms with Gasteiger partial charge in [-0.05, 0) is 37.5 Å². The molecule has 0 spiro atoms. The minimum Gasteiger partial charge on any atom is -0.493 e. The molecule has 1 aliphatic rings. The van der Waals surface area contributed by atoms with E-state index in [0.29, 0.717) is 37.4 Å². The van der Waals surface area contributed by atoms with Crippen molar-refractivity contribution < 1.29 is 23.9 Å². The standard InChI is InChI=1S/C19H27N3O5/c1-13(14-7-8-15(26-2)16(12-14)27-3)21-19(25)18(24)20-9-5-11-22-10-4-6-17(22)23/h7-8,12-13H,4-6,9-11H2,1-3H3,(H,20,24)(H,21,25). The summed E-state index contributed by atoms with van der Waals surface area (Å²) in [7, 11) is 3.08. The van der Waals surface area contributed by atoms with Gasteiger partial charge in [0.15, 0.2) is 11.5 Å². The molecular weight excluding hydrogens is 350 g/mol. The number of amides is 3. The van der Waals surface area contributed by atoms with Crippen LogP contribution in [0.2, 0.25) is 0 Å². The maximum absolute atomic E-state index is 12.1. The molecule has 8 nitrogen and oxygen atoms in total. The Balaban J connectivity index is 1.77. The minimum atomic E-state index is -0.700. The molecule has 2 rings (SSSR count). The smallest absolute Gasteiger partial charge is 0.309 e.